The van der Waals surface area contributed by atoms with E-state index < -0.39 is 11.6 Å². The number of benzene rings is 1. The molecule has 1 aliphatic heterocycles. The molecule has 13 heteroatoms. The lowest BCUT2D eigenvalue weighted by Crippen LogP contribution is -2.61. The maximum atomic E-state index is 15.0. The Morgan fingerprint density at radius 3 is 2.63 bits per heavy atom. The van der Waals surface area contributed by atoms with Crippen LogP contribution in [-0.2, 0) is 9.53 Å². The molecule has 3 unspecified atom stereocenters. The van der Waals surface area contributed by atoms with Crippen LogP contribution in [0.4, 0.5) is 26.1 Å². The Hall–Kier alpha value is -4.36. The summed E-state index contributed by atoms with van der Waals surface area (Å²) >= 11 is 0. The van der Waals surface area contributed by atoms with Crippen molar-refractivity contribution >= 4 is 28.7 Å². The smallest absolute Gasteiger partial charge is 0.229 e. The molecule has 1 saturated heterocycles. The Kier molecular flexibility index (Phi) is 8.26. The van der Waals surface area contributed by atoms with E-state index in [2.05, 4.69) is 30.6 Å². The zero-order chi connectivity index (χ0) is 29.1. The van der Waals surface area contributed by atoms with Gasteiger partial charge in [-0.25, -0.2) is 13.8 Å². The predicted octanol–water partition coefficient (Wildman–Crippen LogP) is 3.13. The van der Waals surface area contributed by atoms with Crippen molar-refractivity contribution in [3.8, 4) is 17.0 Å². The van der Waals surface area contributed by atoms with Crippen LogP contribution in [0.15, 0.2) is 48.9 Å². The van der Waals surface area contributed by atoms with E-state index in [1.807, 2.05) is 13.0 Å². The average Bonchev–Trinajstić information content (AvgIpc) is 3.32. The number of pyridine rings is 1. The minimum Gasteiger partial charge on any atom is -0.491 e. The number of aromatic nitrogens is 4. The normalized spacial score (nSPS) is 18.9. The first kappa shape index (κ1) is 28.2. The highest BCUT2D eigenvalue weighted by molar-refractivity contribution is 5.75. The molecule has 3 atom stereocenters. The maximum absolute atomic E-state index is 15.0. The van der Waals surface area contributed by atoms with Crippen molar-refractivity contribution in [2.45, 2.75) is 25.9 Å². The third-order valence-corrected chi connectivity index (χ3v) is 6.98. The molecule has 4 N–H and O–H groups in total. The second kappa shape index (κ2) is 12.0. The molecule has 4 heterocycles. The van der Waals surface area contributed by atoms with Crippen molar-refractivity contribution in [1.82, 2.24) is 24.9 Å². The lowest BCUT2D eigenvalue weighted by molar-refractivity contribution is -0.120. The molecule has 3 aromatic heterocycles. The minimum absolute atomic E-state index is 0.0612. The molecule has 1 amide bonds. The Bertz CT molecular complexity index is 1510. The van der Waals surface area contributed by atoms with Gasteiger partial charge in [-0.1, -0.05) is 6.92 Å². The minimum atomic E-state index is -0.804. The van der Waals surface area contributed by atoms with Gasteiger partial charge in [-0.2, -0.15) is 9.61 Å². The summed E-state index contributed by atoms with van der Waals surface area (Å²) in [6.45, 7) is 5.16. The third-order valence-electron chi connectivity index (χ3n) is 6.98. The van der Waals surface area contributed by atoms with Gasteiger partial charge in [-0.05, 0) is 24.1 Å². The number of piperidine rings is 1. The van der Waals surface area contributed by atoms with Crippen molar-refractivity contribution in [3.05, 3.63) is 60.6 Å². The van der Waals surface area contributed by atoms with Crippen LogP contribution in [0.1, 0.15) is 13.8 Å². The first-order valence-corrected chi connectivity index (χ1v) is 13.2. The van der Waals surface area contributed by atoms with Crippen LogP contribution in [0.25, 0.3) is 16.8 Å². The Morgan fingerprint density at radius 2 is 1.93 bits per heavy atom. The summed E-state index contributed by atoms with van der Waals surface area (Å²) in [6.07, 6.45) is 4.95. The first-order chi connectivity index (χ1) is 19.7. The largest absolute Gasteiger partial charge is 0.491 e. The third kappa shape index (κ3) is 6.05. The van der Waals surface area contributed by atoms with E-state index in [-0.39, 0.29) is 47.5 Å². The van der Waals surface area contributed by atoms with E-state index in [0.29, 0.717) is 36.8 Å². The second-order valence-corrected chi connectivity index (χ2v) is 10.0. The van der Waals surface area contributed by atoms with Crippen molar-refractivity contribution in [2.24, 2.45) is 11.7 Å². The Morgan fingerprint density at radius 1 is 1.15 bits per heavy atom. The molecular formula is C28H32F2N8O3. The number of carbonyl (C=O) groups is 1. The van der Waals surface area contributed by atoms with Crippen LogP contribution < -0.4 is 26.0 Å². The molecule has 5 rings (SSSR count). The van der Waals surface area contributed by atoms with Gasteiger partial charge in [0.15, 0.2) is 0 Å². The van der Waals surface area contributed by atoms with Crippen LogP contribution in [0.3, 0.4) is 0 Å². The van der Waals surface area contributed by atoms with Crippen molar-refractivity contribution in [3.63, 3.8) is 0 Å². The molecule has 0 spiro atoms. The quantitative estimate of drug-likeness (QED) is 0.262. The van der Waals surface area contributed by atoms with Gasteiger partial charge in [0.25, 0.3) is 0 Å². The zero-order valence-electron chi connectivity index (χ0n) is 23.0. The topological polar surface area (TPSA) is 132 Å². The standard InChI is InChI=1S/C28H32F2N8O3/c1-16-14-37(15-22(31)27(16)34-17(2)39)25-6-7-32-13-24(25)35-28-33-12-18-4-5-23(36-38(18)28)26-20(29)10-19(11-21(26)30)41-9-8-40-3/h4-7,10-13,16,22,27H,8-9,14-15,31H2,1-3H3,(H,33,35)(H,34,39). The Balaban J connectivity index is 1.42. The average molecular weight is 567 g/mol. The van der Waals surface area contributed by atoms with Gasteiger partial charge in [-0.15, -0.1) is 0 Å². The number of amides is 1. The lowest BCUT2D eigenvalue weighted by Gasteiger charge is -2.42. The van der Waals surface area contributed by atoms with Crippen molar-refractivity contribution < 1.29 is 23.0 Å². The molecule has 4 aromatic rings. The number of halogens is 2. The first-order valence-electron chi connectivity index (χ1n) is 13.2. The number of methoxy groups -OCH3 is 1. The van der Waals surface area contributed by atoms with Crippen LogP contribution in [0.5, 0.6) is 5.75 Å². The number of nitrogens with one attached hydrogen (secondary N) is 2. The number of fused-ring (bicyclic) bond motifs is 1. The number of rotatable bonds is 9. The molecule has 0 saturated carbocycles. The van der Waals surface area contributed by atoms with Crippen molar-refractivity contribution in [1.29, 1.82) is 0 Å². The van der Waals surface area contributed by atoms with Gasteiger partial charge >= 0.3 is 0 Å². The maximum Gasteiger partial charge on any atom is 0.229 e. The number of anilines is 3. The predicted molar refractivity (Wildman–Crippen MR) is 150 cm³/mol. The van der Waals surface area contributed by atoms with E-state index in [1.165, 1.54) is 24.6 Å². The molecule has 0 aliphatic carbocycles. The van der Waals surface area contributed by atoms with E-state index >= 15 is 8.78 Å². The molecule has 1 aliphatic rings. The van der Waals surface area contributed by atoms with Crippen LogP contribution in [-0.4, -0.2) is 71.0 Å². The number of hydrogen-bond acceptors (Lipinski definition) is 9. The van der Waals surface area contributed by atoms with Crippen LogP contribution in [0.2, 0.25) is 0 Å². The molecule has 11 nitrogen and oxygen atoms in total. The van der Waals surface area contributed by atoms with Crippen LogP contribution in [0, 0.1) is 17.6 Å². The molecule has 0 radical (unpaired) electrons. The summed E-state index contributed by atoms with van der Waals surface area (Å²) in [5.41, 5.74) is 8.37. The highest BCUT2D eigenvalue weighted by Gasteiger charge is 2.34. The Labute approximate surface area is 235 Å². The van der Waals surface area contributed by atoms with Gasteiger partial charge in [-0.3, -0.25) is 9.78 Å². The summed E-state index contributed by atoms with van der Waals surface area (Å²) in [5.74, 6) is -1.22. The fourth-order valence-electron chi connectivity index (χ4n) is 5.11. The highest BCUT2D eigenvalue weighted by atomic mass is 19.1. The number of hydrogen-bond donors (Lipinski definition) is 3. The van der Waals surface area contributed by atoms with Gasteiger partial charge in [0.05, 0.1) is 47.1 Å². The number of nitrogens with two attached hydrogens (primary N) is 1. The number of ether oxygens (including phenoxy) is 2. The molecule has 216 valence electrons. The number of carbonyl (C=O) groups excluding carboxylic acids is 1. The molecule has 1 fully saturated rings. The van der Waals surface area contributed by atoms with Gasteiger partial charge in [0.2, 0.25) is 11.9 Å². The highest BCUT2D eigenvalue weighted by Crippen LogP contribution is 2.32. The monoisotopic (exact) mass is 566 g/mol. The van der Waals surface area contributed by atoms with Crippen LogP contribution >= 0.6 is 0 Å². The summed E-state index contributed by atoms with van der Waals surface area (Å²) < 4.78 is 41.8. The van der Waals surface area contributed by atoms with Gasteiger partial charge in [0, 0.05) is 57.5 Å². The summed E-state index contributed by atoms with van der Waals surface area (Å²) in [4.78, 5) is 22.5. The fraction of sp³-hybridized carbons (Fsp3) is 0.357. The number of nitrogens with zero attached hydrogens (tertiary/aromatic N) is 5. The second-order valence-electron chi connectivity index (χ2n) is 10.0. The molecule has 1 aromatic carbocycles. The van der Waals surface area contributed by atoms with E-state index in [9.17, 15) is 4.79 Å². The van der Waals surface area contributed by atoms with E-state index in [0.717, 1.165) is 17.8 Å². The SMILES string of the molecule is COCCOc1cc(F)c(-c2ccc3cnc(Nc4cnccc4N4CC(C)C(NC(C)=O)C(N)C4)n3n2)c(F)c1. The summed E-state index contributed by atoms with van der Waals surface area (Å²) in [6, 6.07) is 6.92. The lowest BCUT2D eigenvalue weighted by atomic mass is 9.89. The summed E-state index contributed by atoms with van der Waals surface area (Å²) in [7, 11) is 1.51. The van der Waals surface area contributed by atoms with E-state index in [1.54, 1.807) is 24.7 Å². The van der Waals surface area contributed by atoms with Crippen molar-refractivity contribution in [2.75, 3.05) is 43.6 Å². The number of imidazole rings is 1. The molecule has 0 bridgehead atoms. The zero-order valence-corrected chi connectivity index (χ0v) is 23.0. The van der Waals surface area contributed by atoms with Gasteiger partial charge in [0.1, 0.15) is 24.0 Å². The summed E-state index contributed by atoms with van der Waals surface area (Å²) in [5, 5.41) is 10.7. The fourth-order valence-corrected chi connectivity index (χ4v) is 5.11. The molecular weight excluding hydrogens is 534 g/mol. The van der Waals surface area contributed by atoms with E-state index in [4.69, 9.17) is 15.2 Å². The molecule has 41 heavy (non-hydrogen) atoms. The van der Waals surface area contributed by atoms with Gasteiger partial charge < -0.3 is 30.7 Å².